The van der Waals surface area contributed by atoms with E-state index in [9.17, 15) is 15.2 Å². The molecule has 1 atom stereocenters. The van der Waals surface area contributed by atoms with Gasteiger partial charge >= 0.3 is 5.69 Å². The highest BCUT2D eigenvalue weighted by Gasteiger charge is 2.19. The number of hydrogen-bond donors (Lipinski definition) is 2. The van der Waals surface area contributed by atoms with E-state index in [1.165, 1.54) is 0 Å². The summed E-state index contributed by atoms with van der Waals surface area (Å²) >= 11 is 0. The number of aromatic nitrogens is 1. The Bertz CT molecular complexity index is 667. The Labute approximate surface area is 122 Å². The number of nitro groups is 1. The molecular weight excluding hydrogens is 270 g/mol. The average Bonchev–Trinajstić information content (AvgIpc) is 2.37. The summed E-state index contributed by atoms with van der Waals surface area (Å²) in [6, 6.07) is 8.75. The van der Waals surface area contributed by atoms with Crippen LogP contribution in [0.5, 0.6) is 0 Å². The molecule has 110 valence electrons. The molecular formula is C15H17N3O3. The molecule has 1 heterocycles. The largest absolute Gasteiger partial charge is 0.389 e. The highest BCUT2D eigenvalue weighted by molar-refractivity contribution is 5.71. The molecule has 1 unspecified atom stereocenters. The fourth-order valence-electron chi connectivity index (χ4n) is 2.15. The monoisotopic (exact) mass is 287 g/mol. The third kappa shape index (κ3) is 3.35. The van der Waals surface area contributed by atoms with Crippen LogP contribution < -0.4 is 5.32 Å². The summed E-state index contributed by atoms with van der Waals surface area (Å²) in [5, 5.41) is 23.7. The molecule has 0 aliphatic rings. The van der Waals surface area contributed by atoms with E-state index in [1.807, 2.05) is 0 Å². The number of rotatable bonds is 4. The first-order chi connectivity index (χ1) is 9.88. The van der Waals surface area contributed by atoms with Crippen LogP contribution in [0.1, 0.15) is 30.0 Å². The lowest BCUT2D eigenvalue weighted by Crippen LogP contribution is -2.02. The van der Waals surface area contributed by atoms with Crippen LogP contribution >= 0.6 is 0 Å². The molecule has 1 aromatic carbocycles. The third-order valence-corrected chi connectivity index (χ3v) is 3.15. The summed E-state index contributed by atoms with van der Waals surface area (Å²) in [6.07, 6.45) is -0.543. The number of pyridine rings is 1. The zero-order valence-corrected chi connectivity index (χ0v) is 12.1. The normalized spacial score (nSPS) is 12.0. The summed E-state index contributed by atoms with van der Waals surface area (Å²) in [5.74, 6) is 0. The number of nitrogens with one attached hydrogen (secondary N) is 1. The smallest absolute Gasteiger partial charge is 0.313 e. The zero-order valence-electron chi connectivity index (χ0n) is 12.1. The molecule has 6 heteroatoms. The summed E-state index contributed by atoms with van der Waals surface area (Å²) in [4.78, 5) is 14.9. The lowest BCUT2D eigenvalue weighted by molar-refractivity contribution is -0.384. The van der Waals surface area contributed by atoms with Crippen molar-refractivity contribution in [1.82, 2.24) is 4.98 Å². The third-order valence-electron chi connectivity index (χ3n) is 3.15. The average molecular weight is 287 g/mol. The Kier molecular flexibility index (Phi) is 4.18. The van der Waals surface area contributed by atoms with Crippen molar-refractivity contribution in [3.8, 4) is 0 Å². The molecule has 0 bridgehead atoms. The van der Waals surface area contributed by atoms with Gasteiger partial charge in [-0.15, -0.1) is 0 Å². The van der Waals surface area contributed by atoms with Gasteiger partial charge in [0.1, 0.15) is 11.4 Å². The predicted molar refractivity (Wildman–Crippen MR) is 80.7 cm³/mol. The fraction of sp³-hybridized carbons (Fsp3) is 0.267. The molecule has 0 aliphatic heterocycles. The van der Waals surface area contributed by atoms with Crippen molar-refractivity contribution in [1.29, 1.82) is 0 Å². The van der Waals surface area contributed by atoms with Gasteiger partial charge in [-0.25, -0.2) is 0 Å². The van der Waals surface area contributed by atoms with Crippen LogP contribution in [0.2, 0.25) is 0 Å². The Morgan fingerprint density at radius 3 is 2.43 bits per heavy atom. The van der Waals surface area contributed by atoms with Gasteiger partial charge in [0.2, 0.25) is 0 Å². The molecule has 0 radical (unpaired) electrons. The molecule has 1 aromatic heterocycles. The van der Waals surface area contributed by atoms with Crippen LogP contribution in [-0.4, -0.2) is 15.0 Å². The van der Waals surface area contributed by atoms with Gasteiger partial charge in [-0.3, -0.25) is 15.1 Å². The first kappa shape index (κ1) is 14.9. The minimum Gasteiger partial charge on any atom is -0.389 e. The molecule has 0 amide bonds. The van der Waals surface area contributed by atoms with Gasteiger partial charge in [-0.05, 0) is 44.5 Å². The highest BCUT2D eigenvalue weighted by Crippen LogP contribution is 2.30. The van der Waals surface area contributed by atoms with Crippen molar-refractivity contribution in [2.24, 2.45) is 0 Å². The molecule has 2 aromatic rings. The second-order valence-electron chi connectivity index (χ2n) is 4.93. The van der Waals surface area contributed by atoms with E-state index < -0.39 is 11.0 Å². The number of benzene rings is 1. The molecule has 0 spiro atoms. The first-order valence-electron chi connectivity index (χ1n) is 6.56. The predicted octanol–water partition coefficient (Wildman–Crippen LogP) is 3.40. The molecule has 0 saturated carbocycles. The van der Waals surface area contributed by atoms with Crippen LogP contribution in [0.25, 0.3) is 0 Å². The van der Waals surface area contributed by atoms with Gasteiger partial charge in [0.05, 0.1) is 11.0 Å². The summed E-state index contributed by atoms with van der Waals surface area (Å²) in [6.45, 7) is 5.09. The van der Waals surface area contributed by atoms with E-state index in [0.717, 1.165) is 5.56 Å². The zero-order chi connectivity index (χ0) is 15.6. The van der Waals surface area contributed by atoms with Crippen LogP contribution in [0.15, 0.2) is 30.3 Å². The van der Waals surface area contributed by atoms with E-state index in [4.69, 9.17) is 0 Å². The second kappa shape index (κ2) is 5.88. The van der Waals surface area contributed by atoms with Crippen molar-refractivity contribution in [2.45, 2.75) is 26.9 Å². The summed E-state index contributed by atoms with van der Waals surface area (Å²) in [5.41, 5.74) is 2.98. The maximum absolute atomic E-state index is 11.2. The van der Waals surface area contributed by atoms with E-state index in [0.29, 0.717) is 22.8 Å². The Hall–Kier alpha value is -2.47. The SMILES string of the molecule is Cc1cc(Nc2ccc(C(C)O)cc2)c([N+](=O)[O-])c(C)n1. The van der Waals surface area contributed by atoms with Gasteiger partial charge in [-0.2, -0.15) is 0 Å². The summed E-state index contributed by atoms with van der Waals surface area (Å²) in [7, 11) is 0. The van der Waals surface area contributed by atoms with Crippen molar-refractivity contribution in [3.05, 3.63) is 57.4 Å². The molecule has 21 heavy (non-hydrogen) atoms. The van der Waals surface area contributed by atoms with E-state index >= 15 is 0 Å². The fourth-order valence-corrected chi connectivity index (χ4v) is 2.15. The van der Waals surface area contributed by atoms with Crippen LogP contribution in [0.4, 0.5) is 17.1 Å². The van der Waals surface area contributed by atoms with E-state index in [1.54, 1.807) is 51.1 Å². The van der Waals surface area contributed by atoms with Gasteiger partial charge in [-0.1, -0.05) is 12.1 Å². The quantitative estimate of drug-likeness (QED) is 0.664. The van der Waals surface area contributed by atoms with Crippen molar-refractivity contribution < 1.29 is 10.0 Å². The molecule has 0 saturated heterocycles. The molecule has 0 aliphatic carbocycles. The number of aryl methyl sites for hydroxylation is 2. The van der Waals surface area contributed by atoms with Crippen LogP contribution in [-0.2, 0) is 0 Å². The number of aliphatic hydroxyl groups is 1. The standard InChI is InChI=1S/C15H17N3O3/c1-9-8-14(15(18(20)21)10(2)16-9)17-13-6-4-12(5-7-13)11(3)19/h4-8,11,19H,1-3H3,(H,16,17). The Morgan fingerprint density at radius 2 is 1.90 bits per heavy atom. The van der Waals surface area contributed by atoms with Crippen LogP contribution in [0, 0.1) is 24.0 Å². The van der Waals surface area contributed by atoms with Crippen molar-refractivity contribution >= 4 is 17.1 Å². The Morgan fingerprint density at radius 1 is 1.29 bits per heavy atom. The second-order valence-corrected chi connectivity index (χ2v) is 4.93. The topological polar surface area (TPSA) is 88.3 Å². The number of nitrogens with zero attached hydrogens (tertiary/aromatic N) is 2. The van der Waals surface area contributed by atoms with Crippen molar-refractivity contribution in [2.75, 3.05) is 5.32 Å². The molecule has 2 rings (SSSR count). The summed E-state index contributed by atoms with van der Waals surface area (Å²) < 4.78 is 0. The lowest BCUT2D eigenvalue weighted by atomic mass is 10.1. The number of anilines is 2. The molecule has 0 fully saturated rings. The number of aliphatic hydroxyl groups excluding tert-OH is 1. The van der Waals surface area contributed by atoms with Crippen molar-refractivity contribution in [3.63, 3.8) is 0 Å². The molecule has 2 N–H and O–H groups in total. The van der Waals surface area contributed by atoms with Crippen LogP contribution in [0.3, 0.4) is 0 Å². The Balaban J connectivity index is 2.37. The van der Waals surface area contributed by atoms with Gasteiger partial charge in [0.25, 0.3) is 0 Å². The highest BCUT2D eigenvalue weighted by atomic mass is 16.6. The maximum Gasteiger partial charge on any atom is 0.313 e. The first-order valence-corrected chi connectivity index (χ1v) is 6.56. The maximum atomic E-state index is 11.2. The number of hydrogen-bond acceptors (Lipinski definition) is 5. The minimum absolute atomic E-state index is 0.0276. The van der Waals surface area contributed by atoms with E-state index in [2.05, 4.69) is 10.3 Å². The van der Waals surface area contributed by atoms with Gasteiger partial charge in [0, 0.05) is 11.4 Å². The van der Waals surface area contributed by atoms with E-state index in [-0.39, 0.29) is 5.69 Å². The molecule has 6 nitrogen and oxygen atoms in total. The lowest BCUT2D eigenvalue weighted by Gasteiger charge is -2.11. The van der Waals surface area contributed by atoms with Gasteiger partial charge in [0.15, 0.2) is 0 Å². The minimum atomic E-state index is -0.543. The van der Waals surface area contributed by atoms with Gasteiger partial charge < -0.3 is 10.4 Å².